The second kappa shape index (κ2) is 7.68. The van der Waals surface area contributed by atoms with Crippen molar-refractivity contribution < 1.29 is 4.74 Å². The molecule has 0 aliphatic carbocycles. The van der Waals surface area contributed by atoms with Gasteiger partial charge in [0.2, 0.25) is 0 Å². The van der Waals surface area contributed by atoms with Crippen LogP contribution in [0.2, 0.25) is 0 Å². The topological polar surface area (TPSA) is 21.3 Å². The van der Waals surface area contributed by atoms with Gasteiger partial charge in [-0.25, -0.2) is 0 Å². The Morgan fingerprint density at radius 2 is 2.11 bits per heavy atom. The summed E-state index contributed by atoms with van der Waals surface area (Å²) in [6.45, 7) is 3.77. The monoisotopic (exact) mass is 339 g/mol. The maximum atomic E-state index is 5.83. The second-order valence-electron chi connectivity index (χ2n) is 4.31. The highest BCUT2D eigenvalue weighted by atomic mass is 79.9. The summed E-state index contributed by atoms with van der Waals surface area (Å²) in [5, 5.41) is 5.60. The van der Waals surface area contributed by atoms with Gasteiger partial charge in [-0.05, 0) is 40.7 Å². The minimum Gasteiger partial charge on any atom is -0.492 e. The number of thiophene rings is 1. The van der Waals surface area contributed by atoms with Crippen molar-refractivity contribution in [3.63, 3.8) is 0 Å². The van der Waals surface area contributed by atoms with Crippen LogP contribution in [-0.4, -0.2) is 19.2 Å². The maximum absolute atomic E-state index is 5.83. The molecule has 1 unspecified atom stereocenters. The van der Waals surface area contributed by atoms with Crippen LogP contribution in [0.5, 0.6) is 5.75 Å². The Hall–Kier alpha value is -0.840. The molecule has 0 saturated heterocycles. The summed E-state index contributed by atoms with van der Waals surface area (Å²) in [6, 6.07) is 12.5. The zero-order chi connectivity index (χ0) is 13.5. The van der Waals surface area contributed by atoms with Crippen molar-refractivity contribution in [1.29, 1.82) is 0 Å². The molecule has 0 fully saturated rings. The summed E-state index contributed by atoms with van der Waals surface area (Å²) >= 11 is 5.28. The van der Waals surface area contributed by atoms with Gasteiger partial charge in [-0.1, -0.05) is 25.1 Å². The molecule has 1 heterocycles. The molecule has 2 aromatic rings. The van der Waals surface area contributed by atoms with Crippen LogP contribution < -0.4 is 10.1 Å². The largest absolute Gasteiger partial charge is 0.492 e. The number of ether oxygens (including phenoxy) is 1. The molecular formula is C15H18BrNOS. The molecule has 0 aliphatic heterocycles. The number of rotatable bonds is 7. The third-order valence-corrected chi connectivity index (χ3v) is 4.48. The van der Waals surface area contributed by atoms with Crippen LogP contribution in [0.4, 0.5) is 0 Å². The summed E-state index contributed by atoms with van der Waals surface area (Å²) in [4.78, 5) is 1.37. The number of hydrogen-bond donors (Lipinski definition) is 1. The van der Waals surface area contributed by atoms with E-state index in [1.54, 1.807) is 11.3 Å². The second-order valence-corrected chi connectivity index (χ2v) is 6.23. The molecule has 19 heavy (non-hydrogen) atoms. The molecule has 0 spiro atoms. The lowest BCUT2D eigenvalue weighted by Crippen LogP contribution is -2.36. The summed E-state index contributed by atoms with van der Waals surface area (Å²) in [5.74, 6) is 0.928. The average Bonchev–Trinajstić information content (AvgIpc) is 2.83. The van der Waals surface area contributed by atoms with Crippen LogP contribution >= 0.6 is 27.3 Å². The first-order valence-corrected chi connectivity index (χ1v) is 8.09. The third-order valence-electron chi connectivity index (χ3n) is 2.76. The van der Waals surface area contributed by atoms with Crippen LogP contribution in [0.1, 0.15) is 11.8 Å². The quantitative estimate of drug-likeness (QED) is 0.819. The van der Waals surface area contributed by atoms with Crippen LogP contribution in [0, 0.1) is 0 Å². The Morgan fingerprint density at radius 3 is 2.74 bits per heavy atom. The van der Waals surface area contributed by atoms with Crippen LogP contribution in [0.3, 0.4) is 0 Å². The number of hydrogen-bond acceptors (Lipinski definition) is 3. The van der Waals surface area contributed by atoms with Crippen molar-refractivity contribution in [3.8, 4) is 5.75 Å². The van der Waals surface area contributed by atoms with Gasteiger partial charge in [-0.15, -0.1) is 11.3 Å². The van der Waals surface area contributed by atoms with Crippen molar-refractivity contribution in [2.45, 2.75) is 19.4 Å². The maximum Gasteiger partial charge on any atom is 0.119 e. The lowest BCUT2D eigenvalue weighted by Gasteiger charge is -2.17. The Balaban J connectivity index is 1.89. The summed E-state index contributed by atoms with van der Waals surface area (Å²) < 4.78 is 6.99. The minimum absolute atomic E-state index is 0.343. The number of nitrogens with one attached hydrogen (secondary N) is 1. The number of likely N-dealkylation sites (N-methyl/N-ethyl adjacent to an activating group) is 1. The molecule has 2 nitrogen and oxygen atoms in total. The highest BCUT2D eigenvalue weighted by Gasteiger charge is 2.11. The van der Waals surface area contributed by atoms with Gasteiger partial charge < -0.3 is 10.1 Å². The summed E-state index contributed by atoms with van der Waals surface area (Å²) in [6.07, 6.45) is 0.997. The zero-order valence-electron chi connectivity index (χ0n) is 10.9. The van der Waals surface area contributed by atoms with Crippen molar-refractivity contribution in [1.82, 2.24) is 5.32 Å². The van der Waals surface area contributed by atoms with Gasteiger partial charge >= 0.3 is 0 Å². The first-order valence-electron chi connectivity index (χ1n) is 6.42. The number of para-hydroxylation sites is 1. The van der Waals surface area contributed by atoms with E-state index < -0.39 is 0 Å². The van der Waals surface area contributed by atoms with Gasteiger partial charge in [0.25, 0.3) is 0 Å². The standard InChI is InChI=1S/C15H18BrNOS/c1-2-17-13(9-15-8-12(16)11-19-15)10-18-14-6-4-3-5-7-14/h3-8,11,13,17H,2,9-10H2,1H3. The van der Waals surface area contributed by atoms with E-state index in [2.05, 4.69) is 39.6 Å². The van der Waals surface area contributed by atoms with Crippen molar-refractivity contribution in [3.05, 3.63) is 51.1 Å². The summed E-state index contributed by atoms with van der Waals surface area (Å²) in [7, 11) is 0. The lowest BCUT2D eigenvalue weighted by atomic mass is 10.2. The Labute approximate surface area is 126 Å². The fourth-order valence-electron chi connectivity index (χ4n) is 1.90. The van der Waals surface area contributed by atoms with E-state index >= 15 is 0 Å². The Kier molecular flexibility index (Phi) is 5.89. The fraction of sp³-hybridized carbons (Fsp3) is 0.333. The molecule has 0 amide bonds. The molecule has 0 saturated carbocycles. The highest BCUT2D eigenvalue weighted by molar-refractivity contribution is 9.10. The first kappa shape index (κ1) is 14.6. The van der Waals surface area contributed by atoms with Gasteiger partial charge in [0, 0.05) is 27.2 Å². The molecule has 1 aromatic heterocycles. The molecular weight excluding hydrogens is 322 g/mol. The van der Waals surface area contributed by atoms with Crippen LogP contribution in [0.15, 0.2) is 46.3 Å². The molecule has 0 aliphatic rings. The van der Waals surface area contributed by atoms with Gasteiger partial charge in [0.05, 0.1) is 0 Å². The van der Waals surface area contributed by atoms with Crippen molar-refractivity contribution >= 4 is 27.3 Å². The SMILES string of the molecule is CCNC(COc1ccccc1)Cc1cc(Br)cs1. The Morgan fingerprint density at radius 1 is 1.32 bits per heavy atom. The van der Waals surface area contributed by atoms with Crippen LogP contribution in [-0.2, 0) is 6.42 Å². The lowest BCUT2D eigenvalue weighted by molar-refractivity contribution is 0.265. The van der Waals surface area contributed by atoms with Crippen molar-refractivity contribution in [2.75, 3.05) is 13.2 Å². The molecule has 2 rings (SSSR count). The van der Waals surface area contributed by atoms with Gasteiger partial charge in [-0.3, -0.25) is 0 Å². The van der Waals surface area contributed by atoms with Crippen molar-refractivity contribution in [2.24, 2.45) is 0 Å². The smallest absolute Gasteiger partial charge is 0.119 e. The highest BCUT2D eigenvalue weighted by Crippen LogP contribution is 2.21. The predicted molar refractivity (Wildman–Crippen MR) is 85.1 cm³/mol. The number of benzene rings is 1. The van der Waals surface area contributed by atoms with E-state index in [1.807, 2.05) is 30.3 Å². The molecule has 0 radical (unpaired) electrons. The van der Waals surface area contributed by atoms with E-state index in [0.717, 1.165) is 23.2 Å². The van der Waals surface area contributed by atoms with E-state index in [0.29, 0.717) is 12.6 Å². The summed E-state index contributed by atoms with van der Waals surface area (Å²) in [5.41, 5.74) is 0. The third kappa shape index (κ3) is 4.97. The number of halogens is 1. The van der Waals surface area contributed by atoms with Gasteiger partial charge in [0.1, 0.15) is 12.4 Å². The average molecular weight is 340 g/mol. The van der Waals surface area contributed by atoms with Gasteiger partial charge in [-0.2, -0.15) is 0 Å². The fourth-order valence-corrected chi connectivity index (χ4v) is 3.43. The minimum atomic E-state index is 0.343. The van der Waals surface area contributed by atoms with E-state index in [4.69, 9.17) is 4.74 Å². The Bertz CT molecular complexity index is 486. The van der Waals surface area contributed by atoms with E-state index in [9.17, 15) is 0 Å². The molecule has 1 N–H and O–H groups in total. The molecule has 0 bridgehead atoms. The van der Waals surface area contributed by atoms with E-state index in [1.165, 1.54) is 4.88 Å². The van der Waals surface area contributed by atoms with Crippen LogP contribution in [0.25, 0.3) is 0 Å². The molecule has 102 valence electrons. The van der Waals surface area contributed by atoms with Gasteiger partial charge in [0.15, 0.2) is 0 Å². The molecule has 1 aromatic carbocycles. The molecule has 1 atom stereocenters. The molecule has 4 heteroatoms. The zero-order valence-corrected chi connectivity index (χ0v) is 13.3. The first-order chi connectivity index (χ1) is 9.28. The normalized spacial score (nSPS) is 12.3. The van der Waals surface area contributed by atoms with E-state index in [-0.39, 0.29) is 0 Å². The predicted octanol–water partition coefficient (Wildman–Crippen LogP) is 4.11.